The summed E-state index contributed by atoms with van der Waals surface area (Å²) in [5.41, 5.74) is 0. The van der Waals surface area contributed by atoms with E-state index in [1.165, 1.54) is 19.3 Å². The average molecular weight is 142 g/mol. The Kier molecular flexibility index (Phi) is 2.87. The Morgan fingerprint density at radius 2 is 2.50 bits per heavy atom. The molecule has 2 nitrogen and oxygen atoms in total. The lowest BCUT2D eigenvalue weighted by Crippen LogP contribution is -2.30. The van der Waals surface area contributed by atoms with Gasteiger partial charge < -0.3 is 5.11 Å². The van der Waals surface area contributed by atoms with Gasteiger partial charge in [0, 0.05) is 12.8 Å². The summed E-state index contributed by atoms with van der Waals surface area (Å²) in [6.07, 6.45) is 5.98. The minimum absolute atomic E-state index is 0.279. The first kappa shape index (κ1) is 7.73. The summed E-state index contributed by atoms with van der Waals surface area (Å²) in [5, 5.41) is 8.67. The van der Waals surface area contributed by atoms with Crippen LogP contribution in [0.2, 0.25) is 0 Å². The number of hydrogen-bond donors (Lipinski definition) is 1. The first-order chi connectivity index (χ1) is 4.84. The van der Waals surface area contributed by atoms with Gasteiger partial charge in [-0.05, 0) is 13.3 Å². The molecule has 2 heteroatoms. The molecule has 0 aromatic rings. The first-order valence-electron chi connectivity index (χ1n) is 4.04. The highest BCUT2D eigenvalue weighted by atomic mass is 16.3. The van der Waals surface area contributed by atoms with Crippen LogP contribution >= 0.6 is 0 Å². The fraction of sp³-hybridized carbons (Fsp3) is 0.875. The predicted octanol–water partition coefficient (Wildman–Crippen LogP) is 0.634. The molecule has 0 aliphatic carbocycles. The van der Waals surface area contributed by atoms with Crippen molar-refractivity contribution in [2.24, 2.45) is 0 Å². The lowest BCUT2D eigenvalue weighted by atomic mass is 10.1. The monoisotopic (exact) mass is 142 g/mol. The summed E-state index contributed by atoms with van der Waals surface area (Å²) in [4.78, 5) is 0. The largest absolute Gasteiger partial charge is 0.390 e. The van der Waals surface area contributed by atoms with Gasteiger partial charge in [-0.15, -0.1) is 0 Å². The Labute approximate surface area is 62.2 Å². The van der Waals surface area contributed by atoms with Crippen molar-refractivity contribution in [3.63, 3.8) is 0 Å². The molecule has 0 amide bonds. The minimum atomic E-state index is 0.279. The molecule has 1 unspecified atom stereocenters. The van der Waals surface area contributed by atoms with Crippen molar-refractivity contribution in [3.8, 4) is 0 Å². The van der Waals surface area contributed by atoms with Gasteiger partial charge in [-0.25, -0.2) is 4.58 Å². The summed E-state index contributed by atoms with van der Waals surface area (Å²) in [5.74, 6) is 0. The molecule has 0 radical (unpaired) electrons. The molecule has 10 heavy (non-hydrogen) atoms. The molecule has 1 rings (SSSR count). The number of rotatable bonds is 2. The molecule has 58 valence electrons. The molecule has 1 atom stereocenters. The van der Waals surface area contributed by atoms with Crippen LogP contribution in [-0.4, -0.2) is 35.1 Å². The molecular weight excluding hydrogens is 126 g/mol. The second-order valence-electron chi connectivity index (χ2n) is 2.92. The number of aliphatic hydroxyl groups excluding tert-OH is 1. The Bertz CT molecular complexity index is 131. The van der Waals surface area contributed by atoms with Crippen LogP contribution in [-0.2, 0) is 0 Å². The molecule has 0 saturated carbocycles. The Morgan fingerprint density at radius 3 is 3.10 bits per heavy atom. The number of hydrogen-bond acceptors (Lipinski definition) is 1. The lowest BCUT2D eigenvalue weighted by Gasteiger charge is -2.14. The zero-order valence-corrected chi connectivity index (χ0v) is 6.58. The van der Waals surface area contributed by atoms with Gasteiger partial charge in [0.1, 0.15) is 18.9 Å². The molecule has 0 aromatic heterocycles. The zero-order chi connectivity index (χ0) is 7.40. The summed E-state index contributed by atoms with van der Waals surface area (Å²) in [7, 11) is 0. The third-order valence-electron chi connectivity index (χ3n) is 2.11. The van der Waals surface area contributed by atoms with E-state index >= 15 is 0 Å². The molecule has 0 spiro atoms. The molecule has 1 N–H and O–H groups in total. The molecular formula is C8H16NO+. The van der Waals surface area contributed by atoms with E-state index in [1.807, 2.05) is 0 Å². The molecule has 0 saturated heterocycles. The van der Waals surface area contributed by atoms with E-state index in [0.29, 0.717) is 6.04 Å². The molecule has 1 aliphatic rings. The van der Waals surface area contributed by atoms with Gasteiger partial charge >= 0.3 is 0 Å². The quantitative estimate of drug-likeness (QED) is 0.562. The highest BCUT2D eigenvalue weighted by Crippen LogP contribution is 2.07. The van der Waals surface area contributed by atoms with Gasteiger partial charge in [0.2, 0.25) is 0 Å². The average Bonchev–Trinajstić information content (AvgIpc) is 1.94. The van der Waals surface area contributed by atoms with E-state index in [1.54, 1.807) is 0 Å². The SMILES string of the molecule is CC1CCCC=[N+]1CCO. The van der Waals surface area contributed by atoms with Crippen LogP contribution in [0.3, 0.4) is 0 Å². The Balaban J connectivity index is 2.44. The van der Waals surface area contributed by atoms with Crippen LogP contribution in [0.4, 0.5) is 0 Å². The number of nitrogens with zero attached hydrogens (tertiary/aromatic N) is 1. The van der Waals surface area contributed by atoms with Gasteiger partial charge in [-0.2, -0.15) is 0 Å². The maximum Gasteiger partial charge on any atom is 0.165 e. The maximum atomic E-state index is 8.67. The van der Waals surface area contributed by atoms with E-state index in [9.17, 15) is 0 Å². The molecule has 0 fully saturated rings. The Hall–Kier alpha value is -0.370. The second-order valence-corrected chi connectivity index (χ2v) is 2.92. The van der Waals surface area contributed by atoms with Crippen LogP contribution in [0.15, 0.2) is 0 Å². The molecule has 1 aliphatic heterocycles. The zero-order valence-electron chi connectivity index (χ0n) is 6.58. The summed E-state index contributed by atoms with van der Waals surface area (Å²) >= 11 is 0. The number of β-amino-alcohol motifs (C(OH)–C–C–N with tert-alkyl or cyclic N) is 1. The lowest BCUT2D eigenvalue weighted by molar-refractivity contribution is -0.565. The van der Waals surface area contributed by atoms with Crippen LogP contribution < -0.4 is 0 Å². The minimum Gasteiger partial charge on any atom is -0.390 e. The first-order valence-corrected chi connectivity index (χ1v) is 4.04. The second kappa shape index (κ2) is 3.71. The van der Waals surface area contributed by atoms with E-state index in [4.69, 9.17) is 5.11 Å². The standard InChI is InChI=1S/C8H16NO/c1-8-4-2-3-5-9(8)6-7-10/h5,8,10H,2-4,6-7H2,1H3/q+1. The van der Waals surface area contributed by atoms with Crippen molar-refractivity contribution in [2.45, 2.75) is 32.2 Å². The van der Waals surface area contributed by atoms with Gasteiger partial charge in [0.25, 0.3) is 0 Å². The van der Waals surface area contributed by atoms with Crippen LogP contribution in [0.1, 0.15) is 26.2 Å². The molecule has 0 aromatic carbocycles. The Morgan fingerprint density at radius 1 is 1.70 bits per heavy atom. The van der Waals surface area contributed by atoms with E-state index in [2.05, 4.69) is 17.7 Å². The topological polar surface area (TPSA) is 23.2 Å². The van der Waals surface area contributed by atoms with Crippen molar-refractivity contribution in [1.29, 1.82) is 0 Å². The van der Waals surface area contributed by atoms with Crippen molar-refractivity contribution in [2.75, 3.05) is 13.2 Å². The van der Waals surface area contributed by atoms with Gasteiger partial charge in [-0.3, -0.25) is 0 Å². The van der Waals surface area contributed by atoms with Gasteiger partial charge in [0.15, 0.2) is 6.54 Å². The van der Waals surface area contributed by atoms with E-state index < -0.39 is 0 Å². The molecule has 0 bridgehead atoms. The van der Waals surface area contributed by atoms with Crippen molar-refractivity contribution in [1.82, 2.24) is 0 Å². The van der Waals surface area contributed by atoms with Crippen LogP contribution in [0.25, 0.3) is 0 Å². The fourth-order valence-electron chi connectivity index (χ4n) is 1.44. The molecule has 1 heterocycles. The fourth-order valence-corrected chi connectivity index (χ4v) is 1.44. The van der Waals surface area contributed by atoms with Crippen molar-refractivity contribution >= 4 is 6.21 Å². The van der Waals surface area contributed by atoms with Gasteiger partial charge in [-0.1, -0.05) is 0 Å². The van der Waals surface area contributed by atoms with Gasteiger partial charge in [0.05, 0.1) is 0 Å². The highest BCUT2D eigenvalue weighted by molar-refractivity contribution is 5.51. The maximum absolute atomic E-state index is 8.67. The van der Waals surface area contributed by atoms with E-state index in [0.717, 1.165) is 6.54 Å². The van der Waals surface area contributed by atoms with E-state index in [-0.39, 0.29) is 6.61 Å². The van der Waals surface area contributed by atoms with Crippen LogP contribution in [0, 0.1) is 0 Å². The van der Waals surface area contributed by atoms with Crippen molar-refractivity contribution < 1.29 is 9.68 Å². The van der Waals surface area contributed by atoms with Crippen molar-refractivity contribution in [3.05, 3.63) is 0 Å². The third-order valence-corrected chi connectivity index (χ3v) is 2.11. The predicted molar refractivity (Wildman–Crippen MR) is 41.6 cm³/mol. The smallest absolute Gasteiger partial charge is 0.165 e. The highest BCUT2D eigenvalue weighted by Gasteiger charge is 2.17. The summed E-state index contributed by atoms with van der Waals surface area (Å²) < 4.78 is 2.24. The normalized spacial score (nSPS) is 26.2. The third kappa shape index (κ3) is 1.81. The van der Waals surface area contributed by atoms with Crippen LogP contribution in [0.5, 0.6) is 0 Å². The number of aliphatic hydroxyl groups is 1. The summed E-state index contributed by atoms with van der Waals surface area (Å²) in [6, 6.07) is 0.640. The summed E-state index contributed by atoms with van der Waals surface area (Å²) in [6.45, 7) is 3.30.